The van der Waals surface area contributed by atoms with Crippen molar-refractivity contribution in [1.82, 2.24) is 10.3 Å². The molecule has 3 nitrogen and oxygen atoms in total. The first kappa shape index (κ1) is 11.7. The maximum Gasteiger partial charge on any atom is 0.128 e. The lowest BCUT2D eigenvalue weighted by Crippen LogP contribution is -2.37. The Morgan fingerprint density at radius 2 is 2.25 bits per heavy atom. The summed E-state index contributed by atoms with van der Waals surface area (Å²) in [6.45, 7) is 0.713. The van der Waals surface area contributed by atoms with Gasteiger partial charge in [0.15, 0.2) is 0 Å². The van der Waals surface area contributed by atoms with Crippen LogP contribution in [0.15, 0.2) is 12.1 Å². The molecule has 0 aliphatic heterocycles. The summed E-state index contributed by atoms with van der Waals surface area (Å²) in [6.07, 6.45) is 3.90. The Balaban J connectivity index is 2.17. The third-order valence-electron chi connectivity index (χ3n) is 3.23. The Morgan fingerprint density at radius 3 is 2.81 bits per heavy atom. The second-order valence-corrected chi connectivity index (χ2v) is 4.73. The van der Waals surface area contributed by atoms with Crippen molar-refractivity contribution < 1.29 is 0 Å². The molecule has 1 aromatic rings. The summed E-state index contributed by atoms with van der Waals surface area (Å²) >= 11 is 6.09. The zero-order valence-electron chi connectivity index (χ0n) is 9.83. The first-order chi connectivity index (χ1) is 7.72. The quantitative estimate of drug-likeness (QED) is 0.875. The molecule has 0 radical (unpaired) electrons. The minimum absolute atomic E-state index is 0.663. The Labute approximate surface area is 102 Å². The van der Waals surface area contributed by atoms with Crippen molar-refractivity contribution in [1.29, 1.82) is 0 Å². The number of hydrogen-bond donors (Lipinski definition) is 1. The Morgan fingerprint density at radius 1 is 1.50 bits per heavy atom. The number of aromatic nitrogens is 1. The highest BCUT2D eigenvalue weighted by atomic mass is 35.5. The van der Waals surface area contributed by atoms with Crippen LogP contribution in [0.25, 0.3) is 0 Å². The Hall–Kier alpha value is -0.800. The number of nitrogens with one attached hydrogen (secondary N) is 1. The summed E-state index contributed by atoms with van der Waals surface area (Å²) < 4.78 is 0. The number of halogens is 1. The molecule has 0 spiro atoms. The number of rotatable bonds is 4. The fourth-order valence-electron chi connectivity index (χ4n) is 1.92. The van der Waals surface area contributed by atoms with E-state index in [1.54, 1.807) is 0 Å². The number of hydrogen-bond acceptors (Lipinski definition) is 3. The van der Waals surface area contributed by atoms with Crippen LogP contribution in [0.1, 0.15) is 25.0 Å². The molecule has 1 aliphatic rings. The van der Waals surface area contributed by atoms with Gasteiger partial charge in [0, 0.05) is 19.6 Å². The highest BCUT2D eigenvalue weighted by Crippen LogP contribution is 2.28. The fourth-order valence-corrected chi connectivity index (χ4v) is 2.09. The van der Waals surface area contributed by atoms with E-state index in [2.05, 4.69) is 22.2 Å². The summed E-state index contributed by atoms with van der Waals surface area (Å²) in [5, 5.41) is 3.82. The van der Waals surface area contributed by atoms with Crippen LogP contribution in [-0.4, -0.2) is 25.1 Å². The normalized spacial score (nSPS) is 15.9. The molecule has 1 aliphatic carbocycles. The highest BCUT2D eigenvalue weighted by Gasteiger charge is 2.23. The molecule has 1 aromatic heterocycles. The molecule has 0 bridgehead atoms. The fraction of sp³-hybridized carbons (Fsp3) is 0.583. The van der Waals surface area contributed by atoms with Gasteiger partial charge in [-0.25, -0.2) is 4.98 Å². The first-order valence-electron chi connectivity index (χ1n) is 5.75. The minimum Gasteiger partial charge on any atom is -0.357 e. The van der Waals surface area contributed by atoms with Crippen molar-refractivity contribution >= 4 is 17.4 Å². The SMILES string of the molecule is CNCc1nc(N(C)C2CCC2)ccc1Cl. The lowest BCUT2D eigenvalue weighted by Gasteiger charge is -2.35. The molecule has 1 N–H and O–H groups in total. The smallest absolute Gasteiger partial charge is 0.128 e. The average molecular weight is 240 g/mol. The van der Waals surface area contributed by atoms with Gasteiger partial charge in [-0.15, -0.1) is 0 Å². The summed E-state index contributed by atoms with van der Waals surface area (Å²) in [5.74, 6) is 1.03. The molecule has 88 valence electrons. The summed E-state index contributed by atoms with van der Waals surface area (Å²) in [4.78, 5) is 6.86. The maximum atomic E-state index is 6.09. The molecule has 0 saturated heterocycles. The van der Waals surface area contributed by atoms with Crippen molar-refractivity contribution in [3.63, 3.8) is 0 Å². The minimum atomic E-state index is 0.663. The van der Waals surface area contributed by atoms with Crippen LogP contribution in [0.4, 0.5) is 5.82 Å². The van der Waals surface area contributed by atoms with Crippen LogP contribution in [0, 0.1) is 0 Å². The third kappa shape index (κ3) is 2.30. The molecule has 0 amide bonds. The van der Waals surface area contributed by atoms with Crippen molar-refractivity contribution in [3.8, 4) is 0 Å². The van der Waals surface area contributed by atoms with Gasteiger partial charge >= 0.3 is 0 Å². The van der Waals surface area contributed by atoms with Gasteiger partial charge in [-0.3, -0.25) is 0 Å². The number of anilines is 1. The van der Waals surface area contributed by atoms with Crippen LogP contribution in [0.5, 0.6) is 0 Å². The standard InChI is InChI=1S/C12H18ClN3/c1-14-8-11-10(13)6-7-12(15-11)16(2)9-4-3-5-9/h6-7,9,14H,3-5,8H2,1-2H3. The van der Waals surface area contributed by atoms with Crippen LogP contribution >= 0.6 is 11.6 Å². The van der Waals surface area contributed by atoms with Gasteiger partial charge < -0.3 is 10.2 Å². The zero-order chi connectivity index (χ0) is 11.5. The van der Waals surface area contributed by atoms with E-state index in [0.29, 0.717) is 12.6 Å². The van der Waals surface area contributed by atoms with E-state index < -0.39 is 0 Å². The second kappa shape index (κ2) is 5.02. The molecular weight excluding hydrogens is 222 g/mol. The van der Waals surface area contributed by atoms with Gasteiger partial charge in [0.25, 0.3) is 0 Å². The monoisotopic (exact) mass is 239 g/mol. The van der Waals surface area contributed by atoms with E-state index in [-0.39, 0.29) is 0 Å². The molecule has 16 heavy (non-hydrogen) atoms. The first-order valence-corrected chi connectivity index (χ1v) is 6.13. The van der Waals surface area contributed by atoms with E-state index in [0.717, 1.165) is 16.5 Å². The second-order valence-electron chi connectivity index (χ2n) is 4.32. The Bertz CT molecular complexity index is 363. The molecule has 1 fully saturated rings. The number of pyridine rings is 1. The van der Waals surface area contributed by atoms with E-state index in [9.17, 15) is 0 Å². The molecule has 1 saturated carbocycles. The van der Waals surface area contributed by atoms with Crippen molar-refractivity contribution in [2.24, 2.45) is 0 Å². The van der Waals surface area contributed by atoms with Crippen LogP contribution in [0.2, 0.25) is 5.02 Å². The summed E-state index contributed by atoms with van der Waals surface area (Å²) in [6, 6.07) is 4.60. The predicted octanol–water partition coefficient (Wildman–Crippen LogP) is 2.44. The molecule has 4 heteroatoms. The zero-order valence-corrected chi connectivity index (χ0v) is 10.6. The van der Waals surface area contributed by atoms with E-state index in [1.165, 1.54) is 19.3 Å². The highest BCUT2D eigenvalue weighted by molar-refractivity contribution is 6.31. The summed E-state index contributed by atoms with van der Waals surface area (Å²) in [5.41, 5.74) is 0.924. The predicted molar refractivity (Wildman–Crippen MR) is 68.1 cm³/mol. The van der Waals surface area contributed by atoms with Crippen molar-refractivity contribution in [3.05, 3.63) is 22.8 Å². The van der Waals surface area contributed by atoms with Gasteiger partial charge in [-0.1, -0.05) is 11.6 Å². The van der Waals surface area contributed by atoms with Crippen LogP contribution in [0.3, 0.4) is 0 Å². The molecule has 1 heterocycles. The van der Waals surface area contributed by atoms with Gasteiger partial charge in [-0.2, -0.15) is 0 Å². The third-order valence-corrected chi connectivity index (χ3v) is 3.58. The lowest BCUT2D eigenvalue weighted by molar-refractivity contribution is 0.399. The van der Waals surface area contributed by atoms with Gasteiger partial charge in [0.1, 0.15) is 5.82 Å². The molecule has 0 aromatic carbocycles. The van der Waals surface area contributed by atoms with Crippen LogP contribution < -0.4 is 10.2 Å². The van der Waals surface area contributed by atoms with E-state index in [4.69, 9.17) is 11.6 Å². The van der Waals surface area contributed by atoms with Crippen molar-refractivity contribution in [2.45, 2.75) is 31.8 Å². The number of nitrogens with zero attached hydrogens (tertiary/aromatic N) is 2. The average Bonchev–Trinajstić information content (AvgIpc) is 2.19. The molecule has 2 rings (SSSR count). The lowest BCUT2D eigenvalue weighted by atomic mass is 9.92. The van der Waals surface area contributed by atoms with Gasteiger partial charge in [0.2, 0.25) is 0 Å². The molecule has 0 atom stereocenters. The molecular formula is C12H18ClN3. The van der Waals surface area contributed by atoms with Crippen LogP contribution in [-0.2, 0) is 6.54 Å². The van der Waals surface area contributed by atoms with E-state index >= 15 is 0 Å². The maximum absolute atomic E-state index is 6.09. The van der Waals surface area contributed by atoms with Crippen molar-refractivity contribution in [2.75, 3.05) is 19.0 Å². The summed E-state index contributed by atoms with van der Waals surface area (Å²) in [7, 11) is 4.02. The van der Waals surface area contributed by atoms with Gasteiger partial charge in [0.05, 0.1) is 10.7 Å². The largest absolute Gasteiger partial charge is 0.357 e. The molecule has 0 unspecified atom stereocenters. The van der Waals surface area contributed by atoms with Gasteiger partial charge in [-0.05, 0) is 38.4 Å². The Kier molecular flexibility index (Phi) is 3.66. The van der Waals surface area contributed by atoms with E-state index in [1.807, 2.05) is 19.2 Å². The topological polar surface area (TPSA) is 28.2 Å².